The third kappa shape index (κ3) is 4.04. The van der Waals surface area contributed by atoms with Crippen LogP contribution in [0.3, 0.4) is 0 Å². The van der Waals surface area contributed by atoms with Gasteiger partial charge in [-0.15, -0.1) is 0 Å². The minimum absolute atomic E-state index is 0.142. The summed E-state index contributed by atoms with van der Waals surface area (Å²) in [5, 5.41) is 0.800. The van der Waals surface area contributed by atoms with Gasteiger partial charge in [0, 0.05) is 17.7 Å². The van der Waals surface area contributed by atoms with Crippen molar-refractivity contribution in [2.45, 2.75) is 19.3 Å². The molecular weight excluding hydrogens is 256 g/mol. The highest BCUT2D eigenvalue weighted by Gasteiger charge is 2.11. The van der Waals surface area contributed by atoms with E-state index in [0.717, 1.165) is 5.33 Å². The molecule has 0 aliphatic carbocycles. The van der Waals surface area contributed by atoms with Crippen molar-refractivity contribution in [2.24, 2.45) is 0 Å². The van der Waals surface area contributed by atoms with Crippen LogP contribution in [0.15, 0.2) is 30.3 Å². The molecule has 0 aliphatic heterocycles. The van der Waals surface area contributed by atoms with Crippen molar-refractivity contribution in [1.29, 1.82) is 0 Å². The van der Waals surface area contributed by atoms with E-state index < -0.39 is 0 Å². The normalized spacial score (nSPS) is 12.1. The van der Waals surface area contributed by atoms with E-state index in [1.165, 1.54) is 5.56 Å². The van der Waals surface area contributed by atoms with Crippen LogP contribution in [0, 0.1) is 0 Å². The fourth-order valence-electron chi connectivity index (χ4n) is 1.25. The second-order valence-electron chi connectivity index (χ2n) is 3.30. The van der Waals surface area contributed by atoms with Gasteiger partial charge < -0.3 is 4.74 Å². The van der Waals surface area contributed by atoms with Crippen LogP contribution in [-0.2, 0) is 9.53 Å². The predicted octanol–water partition coefficient (Wildman–Crippen LogP) is 3.12. The van der Waals surface area contributed by atoms with Crippen LogP contribution in [0.25, 0.3) is 0 Å². The van der Waals surface area contributed by atoms with Gasteiger partial charge in [-0.05, 0) is 5.56 Å². The van der Waals surface area contributed by atoms with Gasteiger partial charge in [-0.2, -0.15) is 0 Å². The van der Waals surface area contributed by atoms with E-state index in [2.05, 4.69) is 15.9 Å². The molecule has 1 atom stereocenters. The topological polar surface area (TPSA) is 26.3 Å². The zero-order chi connectivity index (χ0) is 11.1. The molecule has 0 bridgehead atoms. The monoisotopic (exact) mass is 270 g/mol. The molecule has 0 amide bonds. The fourth-order valence-corrected chi connectivity index (χ4v) is 1.81. The summed E-state index contributed by atoms with van der Waals surface area (Å²) in [6.45, 7) is 2.25. The zero-order valence-electron chi connectivity index (χ0n) is 8.78. The van der Waals surface area contributed by atoms with Crippen LogP contribution in [0.1, 0.15) is 24.8 Å². The van der Waals surface area contributed by atoms with Crippen molar-refractivity contribution in [1.82, 2.24) is 0 Å². The van der Waals surface area contributed by atoms with Crippen LogP contribution >= 0.6 is 15.9 Å². The Bertz CT molecular complexity index is 298. The molecule has 0 spiro atoms. The molecule has 1 unspecified atom stereocenters. The maximum absolute atomic E-state index is 11.0. The Kier molecular flexibility index (Phi) is 5.40. The summed E-state index contributed by atoms with van der Waals surface area (Å²) in [6.07, 6.45) is 0.434. The first-order valence-corrected chi connectivity index (χ1v) is 6.16. The Balaban J connectivity index is 2.53. The number of ether oxygens (including phenoxy) is 1. The third-order valence-electron chi connectivity index (χ3n) is 2.19. The lowest BCUT2D eigenvalue weighted by molar-refractivity contribution is -0.143. The predicted molar refractivity (Wildman–Crippen MR) is 64.2 cm³/mol. The molecular formula is C12H15BrO2. The van der Waals surface area contributed by atoms with Gasteiger partial charge in [-0.3, -0.25) is 4.79 Å². The standard InChI is InChI=1S/C12H15BrO2/c1-2-12(14)15-9-11(8-13)10-6-4-3-5-7-10/h3-7,11H,2,8-9H2,1H3. The van der Waals surface area contributed by atoms with Crippen LogP contribution in [-0.4, -0.2) is 17.9 Å². The minimum Gasteiger partial charge on any atom is -0.465 e. The molecule has 0 heterocycles. The van der Waals surface area contributed by atoms with Crippen LogP contribution in [0.4, 0.5) is 0 Å². The number of alkyl halides is 1. The lowest BCUT2D eigenvalue weighted by atomic mass is 10.0. The number of carbonyl (C=O) groups is 1. The second-order valence-corrected chi connectivity index (χ2v) is 3.95. The SMILES string of the molecule is CCC(=O)OCC(CBr)c1ccccc1. The van der Waals surface area contributed by atoms with Gasteiger partial charge >= 0.3 is 5.97 Å². The maximum Gasteiger partial charge on any atom is 0.305 e. The van der Waals surface area contributed by atoms with E-state index in [0.29, 0.717) is 13.0 Å². The first kappa shape index (κ1) is 12.2. The summed E-state index contributed by atoms with van der Waals surface area (Å²) >= 11 is 3.43. The van der Waals surface area contributed by atoms with E-state index in [-0.39, 0.29) is 11.9 Å². The molecule has 0 saturated carbocycles. The summed E-state index contributed by atoms with van der Waals surface area (Å²) in [5.41, 5.74) is 1.19. The smallest absolute Gasteiger partial charge is 0.305 e. The Hall–Kier alpha value is -0.830. The molecule has 1 aromatic carbocycles. The molecule has 0 fully saturated rings. The Morgan fingerprint density at radius 2 is 2.07 bits per heavy atom. The summed E-state index contributed by atoms with van der Waals surface area (Å²) in [5.74, 6) is 0.0959. The van der Waals surface area contributed by atoms with Crippen molar-refractivity contribution in [3.8, 4) is 0 Å². The minimum atomic E-state index is -0.142. The van der Waals surface area contributed by atoms with Gasteiger partial charge in [0.25, 0.3) is 0 Å². The first-order valence-electron chi connectivity index (χ1n) is 5.04. The fraction of sp³-hybridized carbons (Fsp3) is 0.417. The average Bonchev–Trinajstić information content (AvgIpc) is 2.31. The number of hydrogen-bond donors (Lipinski definition) is 0. The van der Waals surface area contributed by atoms with Gasteiger partial charge in [0.1, 0.15) is 0 Å². The third-order valence-corrected chi connectivity index (χ3v) is 2.97. The lowest BCUT2D eigenvalue weighted by Gasteiger charge is -2.14. The van der Waals surface area contributed by atoms with Gasteiger partial charge in [0.2, 0.25) is 0 Å². The molecule has 15 heavy (non-hydrogen) atoms. The molecule has 0 aliphatic rings. The van der Waals surface area contributed by atoms with Crippen molar-refractivity contribution < 1.29 is 9.53 Å². The molecule has 82 valence electrons. The maximum atomic E-state index is 11.0. The highest BCUT2D eigenvalue weighted by atomic mass is 79.9. The number of carbonyl (C=O) groups excluding carboxylic acids is 1. The molecule has 3 heteroatoms. The lowest BCUT2D eigenvalue weighted by Crippen LogP contribution is -2.13. The molecule has 0 radical (unpaired) electrons. The molecule has 0 saturated heterocycles. The van der Waals surface area contributed by atoms with E-state index in [1.54, 1.807) is 6.92 Å². The zero-order valence-corrected chi connectivity index (χ0v) is 10.4. The van der Waals surface area contributed by atoms with E-state index in [4.69, 9.17) is 4.74 Å². The van der Waals surface area contributed by atoms with Crippen LogP contribution in [0.2, 0.25) is 0 Å². The summed E-state index contributed by atoms with van der Waals surface area (Å²) in [7, 11) is 0. The Morgan fingerprint density at radius 1 is 1.40 bits per heavy atom. The molecule has 0 aromatic heterocycles. The van der Waals surface area contributed by atoms with Crippen LogP contribution < -0.4 is 0 Å². The van der Waals surface area contributed by atoms with E-state index in [1.807, 2.05) is 30.3 Å². The highest BCUT2D eigenvalue weighted by Crippen LogP contribution is 2.18. The van der Waals surface area contributed by atoms with Crippen LogP contribution in [0.5, 0.6) is 0 Å². The number of halogens is 1. The number of rotatable bonds is 5. The van der Waals surface area contributed by atoms with E-state index in [9.17, 15) is 4.79 Å². The Morgan fingerprint density at radius 3 is 2.60 bits per heavy atom. The quantitative estimate of drug-likeness (QED) is 0.607. The first-order chi connectivity index (χ1) is 7.27. The number of esters is 1. The van der Waals surface area contributed by atoms with Crippen molar-refractivity contribution in [2.75, 3.05) is 11.9 Å². The number of benzene rings is 1. The van der Waals surface area contributed by atoms with Gasteiger partial charge in [0.05, 0.1) is 6.61 Å². The molecule has 0 N–H and O–H groups in total. The molecule has 2 nitrogen and oxygen atoms in total. The summed E-state index contributed by atoms with van der Waals surface area (Å²) in [4.78, 5) is 11.0. The van der Waals surface area contributed by atoms with Gasteiger partial charge in [-0.25, -0.2) is 0 Å². The van der Waals surface area contributed by atoms with Gasteiger partial charge in [0.15, 0.2) is 0 Å². The summed E-state index contributed by atoms with van der Waals surface area (Å²) in [6, 6.07) is 10.1. The highest BCUT2D eigenvalue weighted by molar-refractivity contribution is 9.09. The number of hydrogen-bond acceptors (Lipinski definition) is 2. The van der Waals surface area contributed by atoms with E-state index >= 15 is 0 Å². The second kappa shape index (κ2) is 6.62. The average molecular weight is 271 g/mol. The molecule has 1 aromatic rings. The largest absolute Gasteiger partial charge is 0.465 e. The van der Waals surface area contributed by atoms with Gasteiger partial charge in [-0.1, -0.05) is 53.2 Å². The van der Waals surface area contributed by atoms with Crippen molar-refractivity contribution in [3.63, 3.8) is 0 Å². The summed E-state index contributed by atoms with van der Waals surface area (Å²) < 4.78 is 5.13. The molecule has 1 rings (SSSR count). The van der Waals surface area contributed by atoms with Crippen molar-refractivity contribution in [3.05, 3.63) is 35.9 Å². The van der Waals surface area contributed by atoms with Crippen molar-refractivity contribution >= 4 is 21.9 Å². The Labute approximate surface area is 98.8 Å².